The van der Waals surface area contributed by atoms with Crippen LogP contribution in [-0.2, 0) is 0 Å². The minimum Gasteiger partial charge on any atom is -0.162 e. The van der Waals surface area contributed by atoms with Crippen molar-refractivity contribution < 1.29 is 0 Å². The maximum atomic E-state index is 3.88. The highest BCUT2D eigenvalue weighted by molar-refractivity contribution is 7.40. The molecule has 0 aromatic carbocycles. The van der Waals surface area contributed by atoms with Gasteiger partial charge in [0.15, 0.2) is 0 Å². The van der Waals surface area contributed by atoms with Gasteiger partial charge in [0.1, 0.15) is 0 Å². The van der Waals surface area contributed by atoms with Gasteiger partial charge in [-0.1, -0.05) is 6.08 Å². The second-order valence-corrected chi connectivity index (χ2v) is 3.98. The molecule has 2 nitrogen and oxygen atoms in total. The van der Waals surface area contributed by atoms with E-state index in [1.54, 1.807) is 6.21 Å². The molecule has 0 aromatic heterocycles. The van der Waals surface area contributed by atoms with Crippen molar-refractivity contribution in [1.29, 1.82) is 0 Å². The molecule has 0 amide bonds. The summed E-state index contributed by atoms with van der Waals surface area (Å²) < 4.78 is 0. The molecule has 0 saturated carbocycles. The topological polar surface area (TPSA) is 24.7 Å². The summed E-state index contributed by atoms with van der Waals surface area (Å²) in [5, 5.41) is 7.80. The maximum absolute atomic E-state index is 3.88. The number of hydrogen-bond acceptors (Lipinski definition) is 2. The normalized spacial score (nSPS) is 31.8. The van der Waals surface area contributed by atoms with Crippen LogP contribution in [-0.4, -0.2) is 24.3 Å². The van der Waals surface area contributed by atoms with Crippen molar-refractivity contribution in [3.05, 3.63) is 12.2 Å². The van der Waals surface area contributed by atoms with Crippen molar-refractivity contribution in [2.24, 2.45) is 10.2 Å². The van der Waals surface area contributed by atoms with E-state index in [-0.39, 0.29) is 5.16 Å². The first-order valence-corrected chi connectivity index (χ1v) is 4.71. The van der Waals surface area contributed by atoms with Crippen LogP contribution in [0.25, 0.3) is 0 Å². The summed E-state index contributed by atoms with van der Waals surface area (Å²) in [6, 6.07) is 0. The highest BCUT2D eigenvalue weighted by Crippen LogP contribution is 2.28. The molecule has 0 N–H and O–H groups in total. The fourth-order valence-electron chi connectivity index (χ4n) is 0.664. The Balaban J connectivity index is 2.80. The van der Waals surface area contributed by atoms with Crippen molar-refractivity contribution in [3.63, 3.8) is 0 Å². The summed E-state index contributed by atoms with van der Waals surface area (Å²) in [6.07, 6.45) is 7.68. The van der Waals surface area contributed by atoms with Gasteiger partial charge >= 0.3 is 0 Å². The molecule has 1 aliphatic rings. The molecule has 0 fully saturated rings. The van der Waals surface area contributed by atoms with Gasteiger partial charge in [-0.25, -0.2) is 0 Å². The smallest absolute Gasteiger partial charge is 0.0492 e. The number of rotatable bonds is 1. The van der Waals surface area contributed by atoms with Crippen molar-refractivity contribution >= 4 is 21.0 Å². The molecule has 1 heterocycles. The molecule has 0 spiro atoms. The molecular formula is C7H11N2P. The largest absolute Gasteiger partial charge is 0.162 e. The Labute approximate surface area is 62.9 Å². The quantitative estimate of drug-likeness (QED) is 0.513. The molecule has 1 aliphatic heterocycles. The Bertz CT molecular complexity index is 178. The van der Waals surface area contributed by atoms with Crippen LogP contribution in [0.5, 0.6) is 0 Å². The average Bonchev–Trinajstić information content (AvgIpc) is 2.15. The van der Waals surface area contributed by atoms with Crippen molar-refractivity contribution in [2.75, 3.05) is 6.66 Å². The summed E-state index contributed by atoms with van der Waals surface area (Å²) >= 11 is 0. The Hall–Kier alpha value is -0.490. The molecular weight excluding hydrogens is 143 g/mol. The van der Waals surface area contributed by atoms with Crippen LogP contribution >= 0.6 is 8.58 Å². The molecule has 2 atom stereocenters. The molecule has 1 rings (SSSR count). The second kappa shape index (κ2) is 3.07. The van der Waals surface area contributed by atoms with Crippen molar-refractivity contribution in [3.8, 4) is 0 Å². The highest BCUT2D eigenvalue weighted by atomic mass is 31.1. The van der Waals surface area contributed by atoms with Gasteiger partial charge in [-0.2, -0.15) is 10.2 Å². The summed E-state index contributed by atoms with van der Waals surface area (Å²) in [5.74, 6) is 0. The SMILES string of the molecule is CPC1(C)C=CC=NN=C1. The molecule has 0 aliphatic carbocycles. The molecule has 54 valence electrons. The zero-order valence-electron chi connectivity index (χ0n) is 6.20. The Morgan fingerprint density at radius 3 is 2.90 bits per heavy atom. The van der Waals surface area contributed by atoms with Gasteiger partial charge < -0.3 is 0 Å². The molecule has 0 radical (unpaired) electrons. The first-order chi connectivity index (χ1) is 4.77. The van der Waals surface area contributed by atoms with Gasteiger partial charge in [0.05, 0.1) is 0 Å². The van der Waals surface area contributed by atoms with Gasteiger partial charge in [-0.15, -0.1) is 8.58 Å². The molecule has 0 saturated heterocycles. The second-order valence-electron chi connectivity index (χ2n) is 2.40. The lowest BCUT2D eigenvalue weighted by molar-refractivity contribution is 1.07. The minimum atomic E-state index is 0.135. The third-order valence-electron chi connectivity index (χ3n) is 1.53. The third kappa shape index (κ3) is 1.74. The van der Waals surface area contributed by atoms with Crippen LogP contribution in [0.3, 0.4) is 0 Å². The molecule has 10 heavy (non-hydrogen) atoms. The van der Waals surface area contributed by atoms with Gasteiger partial charge in [-0.3, -0.25) is 0 Å². The molecule has 3 heteroatoms. The van der Waals surface area contributed by atoms with Gasteiger partial charge in [0.2, 0.25) is 0 Å². The van der Waals surface area contributed by atoms with Crippen LogP contribution in [0, 0.1) is 0 Å². The summed E-state index contributed by atoms with van der Waals surface area (Å²) in [6.45, 7) is 4.32. The van der Waals surface area contributed by atoms with Gasteiger partial charge in [-0.05, 0) is 19.7 Å². The summed E-state index contributed by atoms with van der Waals surface area (Å²) in [4.78, 5) is 0. The van der Waals surface area contributed by atoms with Crippen LogP contribution in [0.2, 0.25) is 0 Å². The first kappa shape index (κ1) is 7.62. The van der Waals surface area contributed by atoms with E-state index in [0.717, 1.165) is 8.58 Å². The van der Waals surface area contributed by atoms with Crippen LogP contribution in [0.15, 0.2) is 22.4 Å². The lowest BCUT2D eigenvalue weighted by Crippen LogP contribution is -2.15. The zero-order valence-corrected chi connectivity index (χ0v) is 7.20. The third-order valence-corrected chi connectivity index (χ3v) is 2.90. The Kier molecular flexibility index (Phi) is 2.34. The van der Waals surface area contributed by atoms with E-state index in [9.17, 15) is 0 Å². The monoisotopic (exact) mass is 154 g/mol. The van der Waals surface area contributed by atoms with E-state index in [1.165, 1.54) is 0 Å². The molecule has 2 unspecified atom stereocenters. The average molecular weight is 154 g/mol. The zero-order chi connectivity index (χ0) is 7.45. The van der Waals surface area contributed by atoms with E-state index in [0.29, 0.717) is 0 Å². The summed E-state index contributed by atoms with van der Waals surface area (Å²) in [5.41, 5.74) is 0. The first-order valence-electron chi connectivity index (χ1n) is 3.21. The fraction of sp³-hybridized carbons (Fsp3) is 0.429. The van der Waals surface area contributed by atoms with Gasteiger partial charge in [0.25, 0.3) is 0 Å². The van der Waals surface area contributed by atoms with Crippen LogP contribution in [0.1, 0.15) is 6.92 Å². The van der Waals surface area contributed by atoms with Crippen LogP contribution < -0.4 is 0 Å². The molecule has 0 aromatic rings. The number of hydrogen-bond donors (Lipinski definition) is 0. The number of nitrogens with zero attached hydrogens (tertiary/aromatic N) is 2. The Morgan fingerprint density at radius 1 is 1.40 bits per heavy atom. The van der Waals surface area contributed by atoms with E-state index in [2.05, 4.69) is 29.9 Å². The minimum absolute atomic E-state index is 0.135. The molecule has 0 bridgehead atoms. The standard InChI is InChI=1S/C7H11N2P/c1-7(10-2)4-3-5-8-9-6-7/h3-6,10H,1-2H3. The van der Waals surface area contributed by atoms with E-state index in [1.807, 2.05) is 12.3 Å². The predicted octanol–water partition coefficient (Wildman–Crippen LogP) is 1.68. The van der Waals surface area contributed by atoms with E-state index < -0.39 is 0 Å². The van der Waals surface area contributed by atoms with Crippen LogP contribution in [0.4, 0.5) is 0 Å². The van der Waals surface area contributed by atoms with Crippen molar-refractivity contribution in [2.45, 2.75) is 12.1 Å². The van der Waals surface area contributed by atoms with Gasteiger partial charge in [0, 0.05) is 17.6 Å². The fourth-order valence-corrected chi connectivity index (χ4v) is 1.11. The maximum Gasteiger partial charge on any atom is 0.0492 e. The highest BCUT2D eigenvalue weighted by Gasteiger charge is 2.15. The lowest BCUT2D eigenvalue weighted by atomic mass is 10.2. The predicted molar refractivity (Wildman–Crippen MR) is 48.8 cm³/mol. The van der Waals surface area contributed by atoms with E-state index >= 15 is 0 Å². The van der Waals surface area contributed by atoms with E-state index in [4.69, 9.17) is 0 Å². The lowest BCUT2D eigenvalue weighted by Gasteiger charge is -2.15. The number of allylic oxidation sites excluding steroid dienone is 2. The van der Waals surface area contributed by atoms with Crippen molar-refractivity contribution in [1.82, 2.24) is 0 Å². The summed E-state index contributed by atoms with van der Waals surface area (Å²) in [7, 11) is 0.839. The Morgan fingerprint density at radius 2 is 2.20 bits per heavy atom.